The van der Waals surface area contributed by atoms with E-state index in [1.54, 1.807) is 19.9 Å². The van der Waals surface area contributed by atoms with Crippen LogP contribution in [0.1, 0.15) is 38.9 Å². The minimum absolute atomic E-state index is 0.0365. The van der Waals surface area contributed by atoms with E-state index in [2.05, 4.69) is 4.98 Å². The van der Waals surface area contributed by atoms with E-state index >= 15 is 0 Å². The van der Waals surface area contributed by atoms with Crippen LogP contribution in [-0.4, -0.2) is 28.5 Å². The van der Waals surface area contributed by atoms with E-state index in [9.17, 15) is 19.7 Å². The minimum Gasteiger partial charge on any atom is -0.462 e. The van der Waals surface area contributed by atoms with Gasteiger partial charge in [-0.2, -0.15) is 0 Å². The zero-order chi connectivity index (χ0) is 21.0. The van der Waals surface area contributed by atoms with Crippen LogP contribution in [0.2, 0.25) is 0 Å². The molecule has 2 aromatic carbocycles. The summed E-state index contributed by atoms with van der Waals surface area (Å²) in [5.74, 6) is -1.30. The van der Waals surface area contributed by atoms with Crippen LogP contribution >= 0.6 is 0 Å². The van der Waals surface area contributed by atoms with Crippen LogP contribution in [0.4, 0.5) is 5.69 Å². The maximum Gasteiger partial charge on any atom is 0.340 e. The highest BCUT2D eigenvalue weighted by molar-refractivity contribution is 5.98. The monoisotopic (exact) mass is 394 g/mol. The third-order valence-electron chi connectivity index (χ3n) is 4.34. The summed E-state index contributed by atoms with van der Waals surface area (Å²) in [6.45, 7) is 3.39. The Morgan fingerprint density at radius 1 is 1.07 bits per heavy atom. The summed E-state index contributed by atoms with van der Waals surface area (Å²) >= 11 is 0. The van der Waals surface area contributed by atoms with E-state index in [1.165, 1.54) is 18.2 Å². The number of para-hydroxylation sites is 1. The highest BCUT2D eigenvalue weighted by Crippen LogP contribution is 2.24. The third-order valence-corrected chi connectivity index (χ3v) is 4.34. The maximum absolute atomic E-state index is 12.5. The second-order valence-electron chi connectivity index (χ2n) is 6.18. The maximum atomic E-state index is 12.5. The summed E-state index contributed by atoms with van der Waals surface area (Å²) in [5.41, 5.74) is 1.66. The Morgan fingerprint density at radius 2 is 1.83 bits per heavy atom. The molecule has 0 atom stereocenters. The molecule has 0 saturated carbocycles. The Morgan fingerprint density at radius 3 is 2.55 bits per heavy atom. The highest BCUT2D eigenvalue weighted by Gasteiger charge is 2.21. The van der Waals surface area contributed by atoms with Crippen molar-refractivity contribution in [3.8, 4) is 0 Å². The van der Waals surface area contributed by atoms with Crippen molar-refractivity contribution in [3.05, 3.63) is 81.0 Å². The Hall–Kier alpha value is -3.81. The normalized spacial score (nSPS) is 10.6. The van der Waals surface area contributed by atoms with Crippen molar-refractivity contribution in [2.24, 2.45) is 0 Å². The SMILES string of the molecule is CCOC(=O)c1c(COC(=O)c2cccc([N+](=O)[O-])c2)nc2ccccc2c1C. The first-order chi connectivity index (χ1) is 13.9. The number of carbonyl (C=O) groups excluding carboxylic acids is 2. The second-order valence-corrected chi connectivity index (χ2v) is 6.18. The number of ether oxygens (including phenoxy) is 2. The molecule has 3 aromatic rings. The molecule has 0 amide bonds. The fraction of sp³-hybridized carbons (Fsp3) is 0.190. The molecule has 8 nitrogen and oxygen atoms in total. The van der Waals surface area contributed by atoms with Gasteiger partial charge in [-0.15, -0.1) is 0 Å². The zero-order valence-electron chi connectivity index (χ0n) is 15.9. The van der Waals surface area contributed by atoms with E-state index in [-0.39, 0.29) is 35.7 Å². The van der Waals surface area contributed by atoms with Crippen LogP contribution in [-0.2, 0) is 16.1 Å². The number of pyridine rings is 1. The van der Waals surface area contributed by atoms with Gasteiger partial charge in [-0.25, -0.2) is 14.6 Å². The molecule has 0 saturated heterocycles. The Labute approximate surface area is 166 Å². The summed E-state index contributed by atoms with van der Waals surface area (Å²) < 4.78 is 10.4. The van der Waals surface area contributed by atoms with Gasteiger partial charge in [0.15, 0.2) is 0 Å². The number of esters is 2. The van der Waals surface area contributed by atoms with E-state index in [0.717, 1.165) is 11.5 Å². The lowest BCUT2D eigenvalue weighted by atomic mass is 10.0. The van der Waals surface area contributed by atoms with E-state index < -0.39 is 16.9 Å². The smallest absolute Gasteiger partial charge is 0.340 e. The van der Waals surface area contributed by atoms with Crippen molar-refractivity contribution in [2.75, 3.05) is 6.61 Å². The third kappa shape index (κ3) is 4.21. The summed E-state index contributed by atoms with van der Waals surface area (Å²) in [4.78, 5) is 39.6. The summed E-state index contributed by atoms with van der Waals surface area (Å²) in [7, 11) is 0. The van der Waals surface area contributed by atoms with Gasteiger partial charge in [0.25, 0.3) is 5.69 Å². The van der Waals surface area contributed by atoms with Gasteiger partial charge in [0.2, 0.25) is 0 Å². The molecule has 1 aromatic heterocycles. The average molecular weight is 394 g/mol. The van der Waals surface area contributed by atoms with Gasteiger partial charge in [0.1, 0.15) is 6.61 Å². The van der Waals surface area contributed by atoms with Gasteiger partial charge in [-0.05, 0) is 31.5 Å². The van der Waals surface area contributed by atoms with Gasteiger partial charge in [-0.3, -0.25) is 10.1 Å². The van der Waals surface area contributed by atoms with Gasteiger partial charge < -0.3 is 9.47 Å². The van der Waals surface area contributed by atoms with Crippen molar-refractivity contribution in [2.45, 2.75) is 20.5 Å². The number of nitro groups is 1. The second kappa shape index (κ2) is 8.47. The molecule has 0 spiro atoms. The highest BCUT2D eigenvalue weighted by atomic mass is 16.6. The molecule has 0 bridgehead atoms. The molecule has 0 N–H and O–H groups in total. The van der Waals surface area contributed by atoms with Crippen LogP contribution < -0.4 is 0 Å². The van der Waals surface area contributed by atoms with Crippen molar-refractivity contribution in [3.63, 3.8) is 0 Å². The first kappa shape index (κ1) is 19.9. The minimum atomic E-state index is -0.754. The fourth-order valence-electron chi connectivity index (χ4n) is 2.98. The number of aromatic nitrogens is 1. The molecule has 0 aliphatic heterocycles. The number of non-ortho nitro benzene ring substituents is 1. The number of hydrogen-bond acceptors (Lipinski definition) is 7. The first-order valence-corrected chi connectivity index (χ1v) is 8.89. The van der Waals surface area contributed by atoms with Crippen molar-refractivity contribution < 1.29 is 24.0 Å². The van der Waals surface area contributed by atoms with Crippen LogP contribution in [0.15, 0.2) is 48.5 Å². The van der Waals surface area contributed by atoms with E-state index in [1.807, 2.05) is 18.2 Å². The molecule has 0 unspecified atom stereocenters. The van der Waals surface area contributed by atoms with Gasteiger partial charge >= 0.3 is 11.9 Å². The summed E-state index contributed by atoms with van der Waals surface area (Å²) in [6, 6.07) is 12.5. The lowest BCUT2D eigenvalue weighted by molar-refractivity contribution is -0.384. The number of aryl methyl sites for hydroxylation is 1. The molecular weight excluding hydrogens is 376 g/mol. The molecule has 0 radical (unpaired) electrons. The van der Waals surface area contributed by atoms with Crippen LogP contribution in [0.25, 0.3) is 10.9 Å². The Balaban J connectivity index is 1.93. The number of nitro benzene ring substituents is 1. The molecule has 148 valence electrons. The van der Waals surface area contributed by atoms with Crippen molar-refractivity contribution in [1.82, 2.24) is 4.98 Å². The largest absolute Gasteiger partial charge is 0.462 e. The fourth-order valence-corrected chi connectivity index (χ4v) is 2.98. The number of hydrogen-bond donors (Lipinski definition) is 0. The average Bonchev–Trinajstić information content (AvgIpc) is 2.72. The number of rotatable bonds is 6. The van der Waals surface area contributed by atoms with Crippen LogP contribution in [0.5, 0.6) is 0 Å². The predicted octanol–water partition coefficient (Wildman–Crippen LogP) is 3.99. The summed E-state index contributed by atoms with van der Waals surface area (Å²) in [5, 5.41) is 11.7. The quantitative estimate of drug-likeness (QED) is 0.353. The lowest BCUT2D eigenvalue weighted by Gasteiger charge is -2.14. The van der Waals surface area contributed by atoms with Gasteiger partial charge in [0, 0.05) is 17.5 Å². The summed E-state index contributed by atoms with van der Waals surface area (Å²) in [6.07, 6.45) is 0. The number of nitrogens with zero attached hydrogens (tertiary/aromatic N) is 2. The molecular formula is C21H18N2O6. The zero-order valence-corrected chi connectivity index (χ0v) is 15.9. The first-order valence-electron chi connectivity index (χ1n) is 8.89. The van der Waals surface area contributed by atoms with Crippen LogP contribution in [0, 0.1) is 17.0 Å². The van der Waals surface area contributed by atoms with E-state index in [4.69, 9.17) is 9.47 Å². The van der Waals surface area contributed by atoms with E-state index in [0.29, 0.717) is 11.1 Å². The molecule has 0 aliphatic carbocycles. The number of carbonyl (C=O) groups is 2. The molecule has 1 heterocycles. The molecule has 0 aliphatic rings. The van der Waals surface area contributed by atoms with Crippen LogP contribution in [0.3, 0.4) is 0 Å². The predicted molar refractivity (Wildman–Crippen MR) is 105 cm³/mol. The lowest BCUT2D eigenvalue weighted by Crippen LogP contribution is -2.15. The Bertz CT molecular complexity index is 1110. The van der Waals surface area contributed by atoms with Gasteiger partial charge in [-0.1, -0.05) is 24.3 Å². The Kier molecular flexibility index (Phi) is 5.82. The molecule has 0 fully saturated rings. The van der Waals surface area contributed by atoms with Gasteiger partial charge in [0.05, 0.1) is 33.9 Å². The van der Waals surface area contributed by atoms with Crippen molar-refractivity contribution >= 4 is 28.5 Å². The number of benzene rings is 2. The molecule has 8 heteroatoms. The van der Waals surface area contributed by atoms with Crippen molar-refractivity contribution in [1.29, 1.82) is 0 Å². The number of fused-ring (bicyclic) bond motifs is 1. The molecule has 3 rings (SSSR count). The standard InChI is InChI=1S/C21H18N2O6/c1-3-28-21(25)19-13(2)16-9-4-5-10-17(16)22-18(19)12-29-20(24)14-7-6-8-15(11-14)23(26)27/h4-11H,3,12H2,1-2H3. The molecule has 29 heavy (non-hydrogen) atoms. The topological polar surface area (TPSA) is 109 Å².